The highest BCUT2D eigenvalue weighted by atomic mass is 32.2. The molecule has 6 nitrogen and oxygen atoms in total. The first-order valence-electron chi connectivity index (χ1n) is 9.54. The van der Waals surface area contributed by atoms with Gasteiger partial charge < -0.3 is 10.2 Å². The van der Waals surface area contributed by atoms with Crippen LogP contribution in [0, 0.1) is 35.4 Å². The van der Waals surface area contributed by atoms with Crippen molar-refractivity contribution in [3.05, 3.63) is 83.0 Å². The summed E-state index contributed by atoms with van der Waals surface area (Å²) in [7, 11) is 0. The predicted molar refractivity (Wildman–Crippen MR) is 120 cm³/mol. The third-order valence-electron chi connectivity index (χ3n) is 4.74. The van der Waals surface area contributed by atoms with Crippen molar-refractivity contribution in [2.24, 2.45) is 0 Å². The monoisotopic (exact) mass is 441 g/mol. The van der Waals surface area contributed by atoms with Gasteiger partial charge in [-0.15, -0.1) is 0 Å². The molecular formula is C24H16FN5OS. The lowest BCUT2D eigenvalue weighted by atomic mass is 9.96. The van der Waals surface area contributed by atoms with Gasteiger partial charge in [-0.2, -0.15) is 10.5 Å². The van der Waals surface area contributed by atoms with Crippen molar-refractivity contribution >= 4 is 17.6 Å². The Bertz CT molecular complexity index is 1380. The number of halogens is 1. The number of nitrogen functional groups attached to an aromatic ring is 1. The molecule has 8 heteroatoms. The van der Waals surface area contributed by atoms with Gasteiger partial charge >= 0.3 is 0 Å². The number of thioether (sulfide) groups is 1. The molecule has 0 saturated carbocycles. The molecular weight excluding hydrogens is 425 g/mol. The maximum atomic E-state index is 13.5. The van der Waals surface area contributed by atoms with Crippen LogP contribution in [0.4, 0.5) is 10.2 Å². The molecule has 4 aromatic rings. The van der Waals surface area contributed by atoms with E-state index < -0.39 is 0 Å². The molecule has 0 fully saturated rings. The maximum Gasteiger partial charge on any atom is 0.226 e. The highest BCUT2D eigenvalue weighted by molar-refractivity contribution is 7.98. The molecule has 2 heterocycles. The number of rotatable bonds is 5. The lowest BCUT2D eigenvalue weighted by molar-refractivity contribution is 0.571. The molecule has 0 amide bonds. The summed E-state index contributed by atoms with van der Waals surface area (Å²) < 4.78 is 18.9. The SMILES string of the molecule is Cc1ccc(-c2c(C#N)c(N)nc(SCc3coc(-c4cccc(F)c4)n3)c2C#N)cc1. The van der Waals surface area contributed by atoms with Gasteiger partial charge in [0.25, 0.3) is 0 Å². The molecule has 156 valence electrons. The first kappa shape index (κ1) is 21.1. The molecule has 4 rings (SSSR count). The van der Waals surface area contributed by atoms with E-state index in [0.29, 0.717) is 33.5 Å². The summed E-state index contributed by atoms with van der Waals surface area (Å²) in [6.07, 6.45) is 1.48. The fourth-order valence-electron chi connectivity index (χ4n) is 3.18. The van der Waals surface area contributed by atoms with E-state index in [1.54, 1.807) is 12.1 Å². The van der Waals surface area contributed by atoms with E-state index in [9.17, 15) is 14.9 Å². The Labute approximate surface area is 188 Å². The minimum Gasteiger partial charge on any atom is -0.444 e. The average Bonchev–Trinajstić information content (AvgIpc) is 3.27. The highest BCUT2D eigenvalue weighted by Crippen LogP contribution is 2.36. The number of anilines is 1. The van der Waals surface area contributed by atoms with Crippen LogP contribution in [0.2, 0.25) is 0 Å². The topological polar surface area (TPSA) is 113 Å². The third kappa shape index (κ3) is 4.18. The van der Waals surface area contributed by atoms with Crippen LogP contribution in [0.1, 0.15) is 22.4 Å². The number of hydrogen-bond donors (Lipinski definition) is 1. The second-order valence-corrected chi connectivity index (χ2v) is 7.92. The van der Waals surface area contributed by atoms with E-state index in [2.05, 4.69) is 22.1 Å². The molecule has 0 aliphatic rings. The van der Waals surface area contributed by atoms with E-state index in [1.165, 1.54) is 30.2 Å². The molecule has 0 aliphatic heterocycles. The molecule has 0 bridgehead atoms. The number of pyridine rings is 1. The van der Waals surface area contributed by atoms with E-state index in [1.807, 2.05) is 31.2 Å². The Morgan fingerprint density at radius 1 is 1.03 bits per heavy atom. The van der Waals surface area contributed by atoms with Crippen molar-refractivity contribution in [3.63, 3.8) is 0 Å². The van der Waals surface area contributed by atoms with Gasteiger partial charge in [0.05, 0.1) is 11.3 Å². The normalized spacial score (nSPS) is 10.5. The molecule has 0 unspecified atom stereocenters. The fourth-order valence-corrected chi connectivity index (χ4v) is 4.05. The van der Waals surface area contributed by atoms with Gasteiger partial charge in [-0.25, -0.2) is 14.4 Å². The van der Waals surface area contributed by atoms with Crippen LogP contribution >= 0.6 is 11.8 Å². The van der Waals surface area contributed by atoms with Crippen molar-refractivity contribution in [1.29, 1.82) is 10.5 Å². The largest absolute Gasteiger partial charge is 0.444 e. The zero-order chi connectivity index (χ0) is 22.7. The summed E-state index contributed by atoms with van der Waals surface area (Å²) in [4.78, 5) is 8.69. The van der Waals surface area contributed by atoms with Crippen molar-refractivity contribution in [2.75, 3.05) is 5.73 Å². The lowest BCUT2D eigenvalue weighted by Crippen LogP contribution is -2.03. The van der Waals surface area contributed by atoms with Crippen molar-refractivity contribution in [3.8, 4) is 34.7 Å². The molecule has 0 aliphatic carbocycles. The van der Waals surface area contributed by atoms with Crippen LogP contribution in [-0.4, -0.2) is 9.97 Å². The number of hydrogen-bond acceptors (Lipinski definition) is 7. The van der Waals surface area contributed by atoms with Gasteiger partial charge in [0, 0.05) is 16.9 Å². The Balaban J connectivity index is 1.67. The van der Waals surface area contributed by atoms with Crippen LogP contribution in [0.25, 0.3) is 22.6 Å². The number of nitrogens with two attached hydrogens (primary N) is 1. The second-order valence-electron chi connectivity index (χ2n) is 6.96. The molecule has 0 radical (unpaired) electrons. The van der Waals surface area contributed by atoms with Crippen molar-refractivity contribution in [1.82, 2.24) is 9.97 Å². The number of aryl methyl sites for hydroxylation is 1. The van der Waals surface area contributed by atoms with Gasteiger partial charge in [-0.1, -0.05) is 47.7 Å². The first-order valence-corrected chi connectivity index (χ1v) is 10.5. The fraction of sp³-hybridized carbons (Fsp3) is 0.0833. The third-order valence-corrected chi connectivity index (χ3v) is 5.74. The average molecular weight is 441 g/mol. The van der Waals surface area contributed by atoms with Gasteiger partial charge in [0.1, 0.15) is 40.6 Å². The van der Waals surface area contributed by atoms with Crippen LogP contribution in [-0.2, 0) is 5.75 Å². The summed E-state index contributed by atoms with van der Waals surface area (Å²) in [5, 5.41) is 19.9. The molecule has 0 spiro atoms. The number of nitriles is 2. The predicted octanol–water partition coefficient (Wildman–Crippen LogP) is 5.47. The molecule has 0 saturated heterocycles. The summed E-state index contributed by atoms with van der Waals surface area (Å²) in [5.74, 6) is 0.328. The molecule has 2 N–H and O–H groups in total. The van der Waals surface area contributed by atoms with Crippen molar-refractivity contribution in [2.45, 2.75) is 17.7 Å². The van der Waals surface area contributed by atoms with Crippen LogP contribution in [0.5, 0.6) is 0 Å². The molecule has 0 atom stereocenters. The van der Waals surface area contributed by atoms with E-state index in [4.69, 9.17) is 10.2 Å². The summed E-state index contributed by atoms with van der Waals surface area (Å²) in [6.45, 7) is 1.96. The number of benzene rings is 2. The zero-order valence-electron chi connectivity index (χ0n) is 17.0. The minimum absolute atomic E-state index is 0.0603. The summed E-state index contributed by atoms with van der Waals surface area (Å²) in [6, 6.07) is 17.7. The van der Waals surface area contributed by atoms with Gasteiger partial charge in [-0.05, 0) is 30.7 Å². The number of aromatic nitrogens is 2. The van der Waals surface area contributed by atoms with E-state index in [0.717, 1.165) is 11.1 Å². The van der Waals surface area contributed by atoms with Crippen LogP contribution < -0.4 is 5.73 Å². The van der Waals surface area contributed by atoms with Crippen molar-refractivity contribution < 1.29 is 8.81 Å². The van der Waals surface area contributed by atoms with Gasteiger partial charge in [-0.3, -0.25) is 0 Å². The standard InChI is InChI=1S/C24H16FN5OS/c1-14-5-7-15(8-6-14)21-19(10-26)22(28)30-24(20(21)11-27)32-13-18-12-31-23(29-18)16-3-2-4-17(25)9-16/h2-9,12H,13H2,1H3,(H2,28,30). The molecule has 32 heavy (non-hydrogen) atoms. The minimum atomic E-state index is -0.379. The van der Waals surface area contributed by atoms with Crippen LogP contribution in [0.15, 0.2) is 64.2 Å². The maximum absolute atomic E-state index is 13.5. The molecule has 2 aromatic carbocycles. The quantitative estimate of drug-likeness (QED) is 0.409. The van der Waals surface area contributed by atoms with E-state index >= 15 is 0 Å². The smallest absolute Gasteiger partial charge is 0.226 e. The van der Waals surface area contributed by atoms with Gasteiger partial charge in [0.2, 0.25) is 5.89 Å². The Morgan fingerprint density at radius 2 is 1.78 bits per heavy atom. The zero-order valence-corrected chi connectivity index (χ0v) is 17.8. The van der Waals surface area contributed by atoms with Gasteiger partial charge in [0.15, 0.2) is 0 Å². The number of nitrogens with zero attached hydrogens (tertiary/aromatic N) is 4. The lowest BCUT2D eigenvalue weighted by Gasteiger charge is -2.12. The summed E-state index contributed by atoms with van der Waals surface area (Å²) in [5.41, 5.74) is 9.87. The Hall–Kier alpha value is -4.14. The Morgan fingerprint density at radius 3 is 2.47 bits per heavy atom. The van der Waals surface area contributed by atoms with E-state index in [-0.39, 0.29) is 22.8 Å². The highest BCUT2D eigenvalue weighted by Gasteiger charge is 2.21. The molecule has 2 aromatic heterocycles. The first-order chi connectivity index (χ1) is 15.5. The number of oxazole rings is 1. The van der Waals surface area contributed by atoms with Crippen LogP contribution in [0.3, 0.4) is 0 Å². The summed E-state index contributed by atoms with van der Waals surface area (Å²) >= 11 is 1.26. The second kappa shape index (κ2) is 8.93. The Kier molecular flexibility index (Phi) is 5.89.